The smallest absolute Gasteiger partial charge is 0.138 e. The SMILES string of the molecule is CCOc1ccc(NCc2cc(C)ccc2C)cc1Cl. The summed E-state index contributed by atoms with van der Waals surface area (Å²) >= 11 is 6.18. The first kappa shape index (κ1) is 14.7. The molecule has 1 N–H and O–H groups in total. The molecule has 0 bridgehead atoms. The van der Waals surface area contributed by atoms with Crippen LogP contribution in [0.4, 0.5) is 5.69 Å². The van der Waals surface area contributed by atoms with Gasteiger partial charge in [0.15, 0.2) is 0 Å². The third kappa shape index (κ3) is 3.67. The molecule has 0 fully saturated rings. The second-order valence-corrected chi connectivity index (χ2v) is 5.27. The molecule has 0 saturated carbocycles. The molecule has 0 spiro atoms. The van der Waals surface area contributed by atoms with Crippen molar-refractivity contribution in [3.05, 3.63) is 58.1 Å². The lowest BCUT2D eigenvalue weighted by atomic mass is 10.1. The predicted molar refractivity (Wildman–Crippen MR) is 85.9 cm³/mol. The summed E-state index contributed by atoms with van der Waals surface area (Å²) in [4.78, 5) is 0. The van der Waals surface area contributed by atoms with Crippen molar-refractivity contribution in [3.8, 4) is 5.75 Å². The first-order valence-electron chi connectivity index (χ1n) is 6.82. The summed E-state index contributed by atoms with van der Waals surface area (Å²) in [5, 5.41) is 4.04. The van der Waals surface area contributed by atoms with Crippen molar-refractivity contribution in [1.82, 2.24) is 0 Å². The van der Waals surface area contributed by atoms with E-state index in [1.165, 1.54) is 16.7 Å². The van der Waals surface area contributed by atoms with E-state index >= 15 is 0 Å². The summed E-state index contributed by atoms with van der Waals surface area (Å²) in [6.07, 6.45) is 0. The van der Waals surface area contributed by atoms with E-state index in [1.807, 2.05) is 25.1 Å². The van der Waals surface area contributed by atoms with Gasteiger partial charge in [-0.1, -0.05) is 35.4 Å². The van der Waals surface area contributed by atoms with Gasteiger partial charge in [-0.25, -0.2) is 0 Å². The molecule has 20 heavy (non-hydrogen) atoms. The van der Waals surface area contributed by atoms with E-state index in [0.29, 0.717) is 11.6 Å². The van der Waals surface area contributed by atoms with E-state index in [2.05, 4.69) is 37.4 Å². The molecule has 3 heteroatoms. The number of hydrogen-bond donors (Lipinski definition) is 1. The highest BCUT2D eigenvalue weighted by Crippen LogP contribution is 2.28. The topological polar surface area (TPSA) is 21.3 Å². The third-order valence-electron chi connectivity index (χ3n) is 3.22. The van der Waals surface area contributed by atoms with Crippen molar-refractivity contribution in [1.29, 1.82) is 0 Å². The minimum atomic E-state index is 0.620. The maximum atomic E-state index is 6.18. The Labute approximate surface area is 125 Å². The van der Waals surface area contributed by atoms with Gasteiger partial charge in [-0.3, -0.25) is 0 Å². The summed E-state index contributed by atoms with van der Waals surface area (Å²) in [6.45, 7) is 7.59. The molecule has 0 unspecified atom stereocenters. The van der Waals surface area contributed by atoms with Crippen LogP contribution in [0.2, 0.25) is 5.02 Å². The average molecular weight is 290 g/mol. The Balaban J connectivity index is 2.07. The van der Waals surface area contributed by atoms with Crippen LogP contribution in [0.15, 0.2) is 36.4 Å². The molecule has 2 nitrogen and oxygen atoms in total. The molecule has 0 amide bonds. The van der Waals surface area contributed by atoms with Gasteiger partial charge in [-0.2, -0.15) is 0 Å². The lowest BCUT2D eigenvalue weighted by Crippen LogP contribution is -2.02. The van der Waals surface area contributed by atoms with Crippen LogP contribution >= 0.6 is 11.6 Å². The summed E-state index contributed by atoms with van der Waals surface area (Å²) in [6, 6.07) is 12.3. The number of benzene rings is 2. The quantitative estimate of drug-likeness (QED) is 0.839. The molecular formula is C17H20ClNO. The van der Waals surface area contributed by atoms with Crippen molar-refractivity contribution >= 4 is 17.3 Å². The van der Waals surface area contributed by atoms with Crippen LogP contribution in [0.5, 0.6) is 5.75 Å². The van der Waals surface area contributed by atoms with Gasteiger partial charge >= 0.3 is 0 Å². The van der Waals surface area contributed by atoms with E-state index in [-0.39, 0.29) is 0 Å². The fourth-order valence-corrected chi connectivity index (χ4v) is 2.31. The molecule has 0 aliphatic carbocycles. The minimum Gasteiger partial charge on any atom is -0.492 e. The first-order chi connectivity index (χ1) is 9.60. The molecular weight excluding hydrogens is 270 g/mol. The zero-order valence-corrected chi connectivity index (χ0v) is 12.9. The molecule has 2 rings (SSSR count). The maximum absolute atomic E-state index is 6.18. The van der Waals surface area contributed by atoms with Crippen molar-refractivity contribution < 1.29 is 4.74 Å². The molecule has 2 aromatic carbocycles. The van der Waals surface area contributed by atoms with E-state index in [4.69, 9.17) is 16.3 Å². The Morgan fingerprint density at radius 3 is 2.60 bits per heavy atom. The van der Waals surface area contributed by atoms with Crippen molar-refractivity contribution in [2.45, 2.75) is 27.3 Å². The Kier molecular flexibility index (Phi) is 4.91. The highest BCUT2D eigenvalue weighted by atomic mass is 35.5. The van der Waals surface area contributed by atoms with Crippen LogP contribution in [0.1, 0.15) is 23.6 Å². The number of hydrogen-bond acceptors (Lipinski definition) is 2. The Morgan fingerprint density at radius 1 is 1.10 bits per heavy atom. The number of halogens is 1. The Bertz CT molecular complexity index is 596. The molecule has 0 radical (unpaired) electrons. The van der Waals surface area contributed by atoms with Gasteiger partial charge in [0.25, 0.3) is 0 Å². The summed E-state index contributed by atoms with van der Waals surface area (Å²) in [5.74, 6) is 0.728. The number of ether oxygens (including phenoxy) is 1. The van der Waals surface area contributed by atoms with E-state index < -0.39 is 0 Å². The number of rotatable bonds is 5. The second-order valence-electron chi connectivity index (χ2n) is 4.86. The average Bonchev–Trinajstić information content (AvgIpc) is 2.43. The zero-order chi connectivity index (χ0) is 14.5. The molecule has 0 atom stereocenters. The van der Waals surface area contributed by atoms with E-state index in [9.17, 15) is 0 Å². The summed E-state index contributed by atoms with van der Waals surface area (Å²) in [7, 11) is 0. The highest BCUT2D eigenvalue weighted by molar-refractivity contribution is 6.32. The van der Waals surface area contributed by atoms with Gasteiger partial charge in [0.2, 0.25) is 0 Å². The van der Waals surface area contributed by atoms with Crippen LogP contribution in [-0.4, -0.2) is 6.61 Å². The van der Waals surface area contributed by atoms with Gasteiger partial charge in [-0.15, -0.1) is 0 Å². The van der Waals surface area contributed by atoms with E-state index in [1.54, 1.807) is 0 Å². The molecule has 0 saturated heterocycles. The van der Waals surface area contributed by atoms with Gasteiger partial charge in [0.1, 0.15) is 5.75 Å². The Morgan fingerprint density at radius 2 is 1.90 bits per heavy atom. The highest BCUT2D eigenvalue weighted by Gasteiger charge is 2.03. The van der Waals surface area contributed by atoms with Gasteiger partial charge in [-0.05, 0) is 50.1 Å². The van der Waals surface area contributed by atoms with Crippen molar-refractivity contribution in [2.75, 3.05) is 11.9 Å². The van der Waals surface area contributed by atoms with Crippen molar-refractivity contribution in [3.63, 3.8) is 0 Å². The lowest BCUT2D eigenvalue weighted by Gasteiger charge is -2.12. The molecule has 0 aliphatic heterocycles. The lowest BCUT2D eigenvalue weighted by molar-refractivity contribution is 0.340. The van der Waals surface area contributed by atoms with Crippen LogP contribution in [-0.2, 0) is 6.54 Å². The number of aryl methyl sites for hydroxylation is 2. The fourth-order valence-electron chi connectivity index (χ4n) is 2.07. The molecule has 0 heterocycles. The van der Waals surface area contributed by atoms with Crippen LogP contribution < -0.4 is 10.1 Å². The van der Waals surface area contributed by atoms with Crippen molar-refractivity contribution in [2.24, 2.45) is 0 Å². The predicted octanol–water partition coefficient (Wildman–Crippen LogP) is 4.97. The van der Waals surface area contributed by atoms with Gasteiger partial charge in [0.05, 0.1) is 11.6 Å². The van der Waals surface area contributed by atoms with Crippen LogP contribution in [0, 0.1) is 13.8 Å². The normalized spacial score (nSPS) is 10.4. The largest absolute Gasteiger partial charge is 0.492 e. The maximum Gasteiger partial charge on any atom is 0.138 e. The van der Waals surface area contributed by atoms with Crippen LogP contribution in [0.25, 0.3) is 0 Å². The molecule has 0 aromatic heterocycles. The van der Waals surface area contributed by atoms with Crippen LogP contribution in [0.3, 0.4) is 0 Å². The molecule has 2 aromatic rings. The molecule has 106 valence electrons. The van der Waals surface area contributed by atoms with Gasteiger partial charge in [0, 0.05) is 12.2 Å². The number of nitrogens with one attached hydrogen (secondary N) is 1. The molecule has 0 aliphatic rings. The monoisotopic (exact) mass is 289 g/mol. The minimum absolute atomic E-state index is 0.620. The number of anilines is 1. The van der Waals surface area contributed by atoms with Gasteiger partial charge < -0.3 is 10.1 Å². The Hall–Kier alpha value is -1.67. The summed E-state index contributed by atoms with van der Waals surface area (Å²) < 4.78 is 5.43. The first-order valence-corrected chi connectivity index (χ1v) is 7.20. The second kappa shape index (κ2) is 6.67. The van der Waals surface area contributed by atoms with E-state index in [0.717, 1.165) is 18.0 Å². The zero-order valence-electron chi connectivity index (χ0n) is 12.2. The summed E-state index contributed by atoms with van der Waals surface area (Å²) in [5.41, 5.74) is 4.87. The fraction of sp³-hybridized carbons (Fsp3) is 0.294. The third-order valence-corrected chi connectivity index (χ3v) is 3.51. The standard InChI is InChI=1S/C17H20ClNO/c1-4-20-17-8-7-15(10-16(17)18)19-11-14-9-12(2)5-6-13(14)3/h5-10,19H,4,11H2,1-3H3.